The summed E-state index contributed by atoms with van der Waals surface area (Å²) in [6.45, 7) is 2.00. The van der Waals surface area contributed by atoms with E-state index in [0.29, 0.717) is 28.8 Å². The Hall–Kier alpha value is -1.46. The van der Waals surface area contributed by atoms with Gasteiger partial charge in [0.2, 0.25) is 0 Å². The fourth-order valence-electron chi connectivity index (χ4n) is 2.42. The van der Waals surface area contributed by atoms with Crippen LogP contribution in [0.2, 0.25) is 10.0 Å². The van der Waals surface area contributed by atoms with Crippen LogP contribution in [0.1, 0.15) is 13.3 Å². The zero-order valence-corrected chi connectivity index (χ0v) is 12.9. The van der Waals surface area contributed by atoms with E-state index in [-0.39, 0.29) is 18.4 Å². The highest BCUT2D eigenvalue weighted by atomic mass is 35.5. The minimum atomic E-state index is -0.988. The molecule has 1 aromatic carbocycles. The summed E-state index contributed by atoms with van der Waals surface area (Å²) in [4.78, 5) is 24.7. The van der Waals surface area contributed by atoms with Crippen LogP contribution in [0.3, 0.4) is 0 Å². The maximum atomic E-state index is 12.1. The number of carboxylic acids is 1. The predicted molar refractivity (Wildman–Crippen MR) is 78.9 cm³/mol. The highest BCUT2D eigenvalue weighted by Crippen LogP contribution is 2.28. The van der Waals surface area contributed by atoms with E-state index in [1.165, 1.54) is 11.0 Å². The Labute approximate surface area is 132 Å². The van der Waals surface area contributed by atoms with Crippen LogP contribution in [0.4, 0.5) is 0 Å². The fourth-order valence-corrected chi connectivity index (χ4v) is 2.88. The average molecular weight is 332 g/mol. The maximum absolute atomic E-state index is 12.1. The number of benzene rings is 1. The molecule has 0 radical (unpaired) electrons. The molecule has 1 aliphatic heterocycles. The number of rotatable bonds is 4. The first-order valence-corrected chi connectivity index (χ1v) is 7.26. The van der Waals surface area contributed by atoms with Gasteiger partial charge < -0.3 is 14.7 Å². The molecule has 114 valence electrons. The third-order valence-electron chi connectivity index (χ3n) is 3.52. The molecule has 0 bridgehead atoms. The molecule has 0 aliphatic carbocycles. The van der Waals surface area contributed by atoms with Gasteiger partial charge in [-0.25, -0.2) is 4.79 Å². The van der Waals surface area contributed by atoms with Crippen LogP contribution in [-0.4, -0.2) is 41.1 Å². The number of carbonyl (C=O) groups is 2. The van der Waals surface area contributed by atoms with Gasteiger partial charge in [0.25, 0.3) is 5.91 Å². The summed E-state index contributed by atoms with van der Waals surface area (Å²) < 4.78 is 5.35. The van der Waals surface area contributed by atoms with Crippen LogP contribution < -0.4 is 4.74 Å². The van der Waals surface area contributed by atoms with Crippen molar-refractivity contribution in [3.63, 3.8) is 0 Å². The van der Waals surface area contributed by atoms with Gasteiger partial charge in [-0.15, -0.1) is 0 Å². The minimum absolute atomic E-state index is 0.0643. The molecule has 1 saturated heterocycles. The lowest BCUT2D eigenvalue weighted by Crippen LogP contribution is -2.44. The van der Waals surface area contributed by atoms with Crippen molar-refractivity contribution >= 4 is 35.1 Å². The molecule has 1 N–H and O–H groups in total. The standard InChI is InChI=1S/C14H15Cl2NO4/c1-8-4-5-17(13(8)14(19)20)12(18)7-21-11-3-2-9(15)6-10(11)16/h2-3,6,8,13H,4-5,7H2,1H3,(H,19,20). The van der Waals surface area contributed by atoms with Gasteiger partial charge in [-0.1, -0.05) is 30.1 Å². The molecule has 1 aliphatic rings. The Kier molecular flexibility index (Phi) is 4.96. The van der Waals surface area contributed by atoms with Crippen molar-refractivity contribution in [3.05, 3.63) is 28.2 Å². The summed E-state index contributed by atoms with van der Waals surface area (Å²) >= 11 is 11.7. The maximum Gasteiger partial charge on any atom is 0.326 e. The second-order valence-electron chi connectivity index (χ2n) is 5.00. The van der Waals surface area contributed by atoms with E-state index >= 15 is 0 Å². The first-order chi connectivity index (χ1) is 9.90. The van der Waals surface area contributed by atoms with Gasteiger partial charge in [0.05, 0.1) is 5.02 Å². The lowest BCUT2D eigenvalue weighted by Gasteiger charge is -2.23. The highest BCUT2D eigenvalue weighted by Gasteiger charge is 2.39. The van der Waals surface area contributed by atoms with Crippen molar-refractivity contribution in [1.82, 2.24) is 4.90 Å². The molecule has 1 aromatic rings. The molecule has 7 heteroatoms. The Morgan fingerprint density at radius 2 is 2.14 bits per heavy atom. The van der Waals surface area contributed by atoms with E-state index in [9.17, 15) is 14.7 Å². The number of carboxylic acid groups (broad SMARTS) is 1. The molecule has 0 saturated carbocycles. The smallest absolute Gasteiger partial charge is 0.326 e. The van der Waals surface area contributed by atoms with Gasteiger partial charge in [-0.2, -0.15) is 0 Å². The summed E-state index contributed by atoms with van der Waals surface area (Å²) in [7, 11) is 0. The van der Waals surface area contributed by atoms with E-state index < -0.39 is 12.0 Å². The number of hydrogen-bond donors (Lipinski definition) is 1. The average Bonchev–Trinajstić information content (AvgIpc) is 2.79. The molecule has 0 aromatic heterocycles. The van der Waals surface area contributed by atoms with Gasteiger partial charge in [-0.05, 0) is 30.5 Å². The van der Waals surface area contributed by atoms with Gasteiger partial charge in [-0.3, -0.25) is 4.79 Å². The number of ether oxygens (including phenoxy) is 1. The molecule has 0 spiro atoms. The number of hydrogen-bond acceptors (Lipinski definition) is 3. The number of amides is 1. The third-order valence-corrected chi connectivity index (χ3v) is 4.05. The largest absolute Gasteiger partial charge is 0.482 e. The van der Waals surface area contributed by atoms with Gasteiger partial charge in [0.15, 0.2) is 6.61 Å². The molecular weight excluding hydrogens is 317 g/mol. The molecule has 5 nitrogen and oxygen atoms in total. The lowest BCUT2D eigenvalue weighted by atomic mass is 10.0. The van der Waals surface area contributed by atoms with Crippen molar-refractivity contribution in [2.45, 2.75) is 19.4 Å². The van der Waals surface area contributed by atoms with E-state index in [4.69, 9.17) is 27.9 Å². The van der Waals surface area contributed by atoms with Crippen LogP contribution in [-0.2, 0) is 9.59 Å². The molecule has 1 heterocycles. The van der Waals surface area contributed by atoms with Crippen LogP contribution >= 0.6 is 23.2 Å². The lowest BCUT2D eigenvalue weighted by molar-refractivity contribution is -0.150. The molecule has 2 atom stereocenters. The zero-order chi connectivity index (χ0) is 15.6. The van der Waals surface area contributed by atoms with Crippen LogP contribution in [0.5, 0.6) is 5.75 Å². The quantitative estimate of drug-likeness (QED) is 0.921. The zero-order valence-electron chi connectivity index (χ0n) is 11.4. The Balaban J connectivity index is 2.00. The van der Waals surface area contributed by atoms with Crippen molar-refractivity contribution in [2.24, 2.45) is 5.92 Å². The first kappa shape index (κ1) is 15.9. The minimum Gasteiger partial charge on any atom is -0.482 e. The van der Waals surface area contributed by atoms with Crippen molar-refractivity contribution in [1.29, 1.82) is 0 Å². The second kappa shape index (κ2) is 6.54. The normalized spacial score (nSPS) is 21.4. The summed E-state index contributed by atoms with van der Waals surface area (Å²) in [5.74, 6) is -1.07. The SMILES string of the molecule is CC1CCN(C(=O)COc2ccc(Cl)cc2Cl)C1C(=O)O. The van der Waals surface area contributed by atoms with Crippen LogP contribution in [0.15, 0.2) is 18.2 Å². The fraction of sp³-hybridized carbons (Fsp3) is 0.429. The predicted octanol–water partition coefficient (Wildman–Crippen LogP) is 2.69. The second-order valence-corrected chi connectivity index (χ2v) is 5.84. The summed E-state index contributed by atoms with van der Waals surface area (Å²) in [6, 6.07) is 3.90. The molecule has 2 unspecified atom stereocenters. The summed E-state index contributed by atoms with van der Waals surface area (Å²) in [5, 5.41) is 9.97. The molecule has 1 amide bonds. The summed E-state index contributed by atoms with van der Waals surface area (Å²) in [6.07, 6.45) is 0.671. The van der Waals surface area contributed by atoms with Gasteiger partial charge in [0.1, 0.15) is 11.8 Å². The molecule has 2 rings (SSSR count). The van der Waals surface area contributed by atoms with Crippen LogP contribution in [0, 0.1) is 5.92 Å². The highest BCUT2D eigenvalue weighted by molar-refractivity contribution is 6.35. The third kappa shape index (κ3) is 3.60. The van der Waals surface area contributed by atoms with Gasteiger partial charge >= 0.3 is 5.97 Å². The first-order valence-electron chi connectivity index (χ1n) is 6.50. The Morgan fingerprint density at radius 3 is 2.76 bits per heavy atom. The number of likely N-dealkylation sites (tertiary alicyclic amines) is 1. The van der Waals surface area contributed by atoms with E-state index in [0.717, 1.165) is 0 Å². The van der Waals surface area contributed by atoms with E-state index in [1.54, 1.807) is 12.1 Å². The number of aliphatic carboxylic acids is 1. The van der Waals surface area contributed by atoms with E-state index in [2.05, 4.69) is 0 Å². The van der Waals surface area contributed by atoms with Crippen molar-refractivity contribution in [3.8, 4) is 5.75 Å². The topological polar surface area (TPSA) is 66.8 Å². The number of halogens is 2. The Bertz CT molecular complexity index is 564. The van der Waals surface area contributed by atoms with E-state index in [1.807, 2.05) is 6.92 Å². The molecule has 21 heavy (non-hydrogen) atoms. The van der Waals surface area contributed by atoms with Crippen molar-refractivity contribution < 1.29 is 19.4 Å². The number of nitrogens with zero attached hydrogens (tertiary/aromatic N) is 1. The summed E-state index contributed by atoms with van der Waals surface area (Å²) in [5.41, 5.74) is 0. The van der Waals surface area contributed by atoms with Crippen molar-refractivity contribution in [2.75, 3.05) is 13.2 Å². The van der Waals surface area contributed by atoms with Crippen LogP contribution in [0.25, 0.3) is 0 Å². The molecule has 1 fully saturated rings. The Morgan fingerprint density at radius 1 is 1.43 bits per heavy atom. The van der Waals surface area contributed by atoms with Gasteiger partial charge in [0, 0.05) is 11.6 Å². The number of carbonyl (C=O) groups excluding carboxylic acids is 1. The monoisotopic (exact) mass is 331 g/mol. The molecular formula is C14H15Cl2NO4.